The van der Waals surface area contributed by atoms with Crippen LogP contribution in [0.15, 0.2) is 36.4 Å². The van der Waals surface area contributed by atoms with Crippen molar-refractivity contribution < 1.29 is 23.0 Å². The van der Waals surface area contributed by atoms with Gasteiger partial charge in [-0.1, -0.05) is 17.4 Å². The molecule has 0 aliphatic carbocycles. The number of amides is 1. The van der Waals surface area contributed by atoms with E-state index < -0.39 is 11.6 Å². The van der Waals surface area contributed by atoms with Gasteiger partial charge in [0.15, 0.2) is 22.4 Å². The van der Waals surface area contributed by atoms with E-state index in [0.717, 1.165) is 23.0 Å². The number of rotatable bonds is 8. The summed E-state index contributed by atoms with van der Waals surface area (Å²) in [6, 6.07) is 7.30. The normalized spacial score (nSPS) is 11.5. The molecule has 0 saturated carbocycles. The van der Waals surface area contributed by atoms with Gasteiger partial charge in [-0.15, -0.1) is 0 Å². The van der Waals surface area contributed by atoms with Gasteiger partial charge >= 0.3 is 0 Å². The molecule has 0 bridgehead atoms. The largest absolute Gasteiger partial charge is 0.493 e. The molecule has 0 spiro atoms. The quantitative estimate of drug-likeness (QED) is 0.485. The standard InChI is InChI=1S/C22H23F2N3O3S/c1-26(2)9-10-27(22-25-21-16(24)12-15(23)13-19(21)31-22)20(28)8-6-14-5-7-17(29-3)18(11-14)30-4/h5-8,11-13H,9-10H2,1-4H3/b8-6+. The molecule has 3 rings (SSSR count). The van der Waals surface area contributed by atoms with E-state index in [4.69, 9.17) is 9.47 Å². The number of halogens is 2. The van der Waals surface area contributed by atoms with E-state index >= 15 is 0 Å². The number of fused-ring (bicyclic) bond motifs is 1. The van der Waals surface area contributed by atoms with Crippen LogP contribution in [0.5, 0.6) is 11.5 Å². The number of ether oxygens (including phenoxy) is 2. The summed E-state index contributed by atoms with van der Waals surface area (Å²) in [5, 5.41) is 0.309. The number of methoxy groups -OCH3 is 2. The Hall–Kier alpha value is -3.04. The minimum Gasteiger partial charge on any atom is -0.493 e. The van der Waals surface area contributed by atoms with Crippen LogP contribution in [-0.2, 0) is 4.79 Å². The van der Waals surface area contributed by atoms with Crippen molar-refractivity contribution in [2.75, 3.05) is 46.3 Å². The number of carbonyl (C=O) groups excluding carboxylic acids is 1. The SMILES string of the molecule is COc1ccc(/C=C/C(=O)N(CCN(C)C)c2nc3c(F)cc(F)cc3s2)cc1OC. The van der Waals surface area contributed by atoms with Gasteiger partial charge in [-0.25, -0.2) is 13.8 Å². The average Bonchev–Trinajstić information content (AvgIpc) is 3.15. The van der Waals surface area contributed by atoms with E-state index in [9.17, 15) is 13.6 Å². The van der Waals surface area contributed by atoms with Crippen molar-refractivity contribution in [2.45, 2.75) is 0 Å². The minimum atomic E-state index is -0.752. The summed E-state index contributed by atoms with van der Waals surface area (Å²) in [7, 11) is 6.85. The lowest BCUT2D eigenvalue weighted by molar-refractivity contribution is -0.114. The summed E-state index contributed by atoms with van der Waals surface area (Å²) in [6.07, 6.45) is 3.07. The maximum Gasteiger partial charge on any atom is 0.252 e. The van der Waals surface area contributed by atoms with Crippen LogP contribution in [0.2, 0.25) is 0 Å². The number of benzene rings is 2. The van der Waals surface area contributed by atoms with E-state index in [1.54, 1.807) is 31.4 Å². The van der Waals surface area contributed by atoms with Crippen LogP contribution in [0.1, 0.15) is 5.56 Å². The number of hydrogen-bond donors (Lipinski definition) is 0. The monoisotopic (exact) mass is 447 g/mol. The molecule has 6 nitrogen and oxygen atoms in total. The molecule has 3 aromatic rings. The van der Waals surface area contributed by atoms with Gasteiger partial charge in [0, 0.05) is 25.2 Å². The number of nitrogens with zero attached hydrogens (tertiary/aromatic N) is 3. The molecule has 0 aliphatic heterocycles. The highest BCUT2D eigenvalue weighted by molar-refractivity contribution is 7.22. The third kappa shape index (κ3) is 5.36. The summed E-state index contributed by atoms with van der Waals surface area (Å²) in [5.74, 6) is -0.623. The Labute approximate surface area is 183 Å². The van der Waals surface area contributed by atoms with Gasteiger partial charge in [0.05, 0.1) is 18.9 Å². The third-order valence-corrected chi connectivity index (χ3v) is 5.52. The van der Waals surface area contributed by atoms with Crippen molar-refractivity contribution in [3.63, 3.8) is 0 Å². The summed E-state index contributed by atoms with van der Waals surface area (Å²) >= 11 is 1.07. The molecule has 31 heavy (non-hydrogen) atoms. The molecule has 1 aromatic heterocycles. The molecule has 0 radical (unpaired) electrons. The molecule has 0 unspecified atom stereocenters. The molecule has 1 amide bonds. The number of carbonyl (C=O) groups is 1. The van der Waals surface area contributed by atoms with Gasteiger partial charge in [-0.05, 0) is 43.9 Å². The molecule has 2 aromatic carbocycles. The zero-order valence-corrected chi connectivity index (χ0v) is 18.5. The maximum absolute atomic E-state index is 14.1. The molecule has 9 heteroatoms. The Morgan fingerprint density at radius 2 is 1.84 bits per heavy atom. The molecule has 0 fully saturated rings. The number of thiazole rings is 1. The Balaban J connectivity index is 1.90. The second-order valence-corrected chi connectivity index (χ2v) is 7.98. The predicted molar refractivity (Wildman–Crippen MR) is 119 cm³/mol. The van der Waals surface area contributed by atoms with Crippen LogP contribution in [0.4, 0.5) is 13.9 Å². The second kappa shape index (κ2) is 9.84. The lowest BCUT2D eigenvalue weighted by atomic mass is 10.2. The fourth-order valence-corrected chi connectivity index (χ4v) is 3.91. The van der Waals surface area contributed by atoms with Crippen molar-refractivity contribution in [3.8, 4) is 11.5 Å². The van der Waals surface area contributed by atoms with Crippen LogP contribution in [0, 0.1) is 11.6 Å². The summed E-state index contributed by atoms with van der Waals surface area (Å²) in [5.41, 5.74) is 0.795. The van der Waals surface area contributed by atoms with Crippen molar-refractivity contribution in [1.82, 2.24) is 9.88 Å². The van der Waals surface area contributed by atoms with Gasteiger partial charge in [0.1, 0.15) is 11.3 Å². The van der Waals surface area contributed by atoms with Gasteiger partial charge < -0.3 is 14.4 Å². The van der Waals surface area contributed by atoms with Crippen LogP contribution in [0.3, 0.4) is 0 Å². The molecule has 0 N–H and O–H groups in total. The van der Waals surface area contributed by atoms with Gasteiger partial charge in [0.2, 0.25) is 0 Å². The van der Waals surface area contributed by atoms with E-state index in [1.165, 1.54) is 24.2 Å². The fourth-order valence-electron chi connectivity index (χ4n) is 2.88. The van der Waals surface area contributed by atoms with E-state index in [1.807, 2.05) is 19.0 Å². The fraction of sp³-hybridized carbons (Fsp3) is 0.273. The summed E-state index contributed by atoms with van der Waals surface area (Å²) in [6.45, 7) is 0.911. The highest BCUT2D eigenvalue weighted by atomic mass is 32.1. The van der Waals surface area contributed by atoms with Gasteiger partial charge in [-0.2, -0.15) is 0 Å². The van der Waals surface area contributed by atoms with E-state index in [0.29, 0.717) is 34.4 Å². The molecule has 0 saturated heterocycles. The zero-order chi connectivity index (χ0) is 22.5. The Morgan fingerprint density at radius 3 is 2.52 bits per heavy atom. The number of aromatic nitrogens is 1. The van der Waals surface area contributed by atoms with Crippen molar-refractivity contribution in [1.29, 1.82) is 0 Å². The van der Waals surface area contributed by atoms with Crippen LogP contribution in [0.25, 0.3) is 16.3 Å². The highest BCUT2D eigenvalue weighted by Crippen LogP contribution is 2.32. The lowest BCUT2D eigenvalue weighted by Crippen LogP contribution is -2.35. The molecular formula is C22H23F2N3O3S. The molecule has 164 valence electrons. The molecular weight excluding hydrogens is 424 g/mol. The van der Waals surface area contributed by atoms with Crippen molar-refractivity contribution in [2.24, 2.45) is 0 Å². The van der Waals surface area contributed by atoms with E-state index in [-0.39, 0.29) is 11.4 Å². The number of likely N-dealkylation sites (N-methyl/N-ethyl adjacent to an activating group) is 1. The minimum absolute atomic E-state index is 0.0490. The first-order chi connectivity index (χ1) is 14.8. The van der Waals surface area contributed by atoms with Crippen molar-refractivity contribution in [3.05, 3.63) is 53.6 Å². The third-order valence-electron chi connectivity index (χ3n) is 4.50. The first-order valence-electron chi connectivity index (χ1n) is 9.44. The Kier molecular flexibility index (Phi) is 7.19. The Bertz CT molecular complexity index is 1110. The first-order valence-corrected chi connectivity index (χ1v) is 10.3. The second-order valence-electron chi connectivity index (χ2n) is 6.97. The number of anilines is 1. The molecule has 0 atom stereocenters. The van der Waals surface area contributed by atoms with Crippen LogP contribution < -0.4 is 14.4 Å². The summed E-state index contributed by atoms with van der Waals surface area (Å²) < 4.78 is 38.5. The van der Waals surface area contributed by atoms with Crippen molar-refractivity contribution >= 4 is 38.7 Å². The summed E-state index contributed by atoms with van der Waals surface area (Å²) in [4.78, 5) is 20.6. The highest BCUT2D eigenvalue weighted by Gasteiger charge is 2.20. The smallest absolute Gasteiger partial charge is 0.252 e. The average molecular weight is 448 g/mol. The molecule has 1 heterocycles. The zero-order valence-electron chi connectivity index (χ0n) is 17.7. The maximum atomic E-state index is 14.1. The Morgan fingerprint density at radius 1 is 1.10 bits per heavy atom. The van der Waals surface area contributed by atoms with Crippen LogP contribution in [-0.4, -0.2) is 57.2 Å². The lowest BCUT2D eigenvalue weighted by Gasteiger charge is -2.20. The van der Waals surface area contributed by atoms with Crippen LogP contribution >= 0.6 is 11.3 Å². The predicted octanol–water partition coefficient (Wildman–Crippen LogP) is 4.20. The van der Waals surface area contributed by atoms with Gasteiger partial charge in [0.25, 0.3) is 5.91 Å². The van der Waals surface area contributed by atoms with Gasteiger partial charge in [-0.3, -0.25) is 9.69 Å². The van der Waals surface area contributed by atoms with E-state index in [2.05, 4.69) is 4.98 Å². The molecule has 0 aliphatic rings. The topological polar surface area (TPSA) is 54.9 Å². The number of hydrogen-bond acceptors (Lipinski definition) is 6. The first kappa shape index (κ1) is 22.6.